The highest BCUT2D eigenvalue weighted by molar-refractivity contribution is 6.17. The number of anilines is 1. The largest absolute Gasteiger partial charge is 0.449 e. The van der Waals surface area contributed by atoms with E-state index in [0.717, 1.165) is 5.56 Å². The standard InChI is InChI=1S/C27H24ClF2N3O4/c1-27(2)36-22-13-19(12-18(14-28)24(22)37-27)31-26(34)33-15-21(16-6-4-3-5-7-16)23(32-33)17-8-10-20(11-9-17)35-25(29)30/h3-13,21,25H,14-15H2,1-2H3,(H,31,34). The van der Waals surface area contributed by atoms with Gasteiger partial charge in [-0.15, -0.1) is 11.6 Å². The van der Waals surface area contributed by atoms with Crippen molar-refractivity contribution in [3.8, 4) is 17.2 Å². The first kappa shape index (κ1) is 24.8. The fourth-order valence-electron chi connectivity index (χ4n) is 4.39. The SMILES string of the molecule is CC1(C)Oc2cc(NC(=O)N3CC(c4ccccc4)C(c4ccc(OC(F)F)cc4)=N3)cc(CCl)c2O1. The molecule has 37 heavy (non-hydrogen) atoms. The van der Waals surface area contributed by atoms with Crippen LogP contribution in [0.4, 0.5) is 19.3 Å². The first-order valence-corrected chi connectivity index (χ1v) is 12.1. The molecule has 2 heterocycles. The molecule has 1 N–H and O–H groups in total. The summed E-state index contributed by atoms with van der Waals surface area (Å²) in [6.45, 7) is 0.965. The van der Waals surface area contributed by atoms with Gasteiger partial charge >= 0.3 is 12.6 Å². The van der Waals surface area contributed by atoms with Crippen LogP contribution in [0.3, 0.4) is 0 Å². The van der Waals surface area contributed by atoms with Crippen molar-refractivity contribution >= 4 is 29.0 Å². The van der Waals surface area contributed by atoms with Crippen molar-refractivity contribution < 1.29 is 27.8 Å². The third-order valence-electron chi connectivity index (χ3n) is 5.96. The summed E-state index contributed by atoms with van der Waals surface area (Å²) in [4.78, 5) is 13.3. The first-order valence-electron chi connectivity index (χ1n) is 11.6. The van der Waals surface area contributed by atoms with Crippen molar-refractivity contribution in [2.75, 3.05) is 11.9 Å². The number of halogens is 3. The van der Waals surface area contributed by atoms with Gasteiger partial charge in [0, 0.05) is 37.1 Å². The van der Waals surface area contributed by atoms with E-state index in [0.29, 0.717) is 40.6 Å². The molecule has 0 radical (unpaired) electrons. The lowest BCUT2D eigenvalue weighted by Crippen LogP contribution is -2.30. The third kappa shape index (κ3) is 5.32. The van der Waals surface area contributed by atoms with Crippen molar-refractivity contribution in [3.05, 3.63) is 83.4 Å². The van der Waals surface area contributed by atoms with E-state index < -0.39 is 18.4 Å². The summed E-state index contributed by atoms with van der Waals surface area (Å²) in [5.74, 6) is 0.228. The number of rotatable bonds is 6. The number of ether oxygens (including phenoxy) is 3. The molecule has 0 aliphatic carbocycles. The van der Waals surface area contributed by atoms with Crippen molar-refractivity contribution in [1.82, 2.24) is 5.01 Å². The van der Waals surface area contributed by atoms with Crippen LogP contribution in [-0.2, 0) is 5.88 Å². The fraction of sp³-hybridized carbons (Fsp3) is 0.259. The van der Waals surface area contributed by atoms with Crippen molar-refractivity contribution in [1.29, 1.82) is 0 Å². The van der Waals surface area contributed by atoms with Crippen LogP contribution >= 0.6 is 11.6 Å². The molecule has 10 heteroatoms. The van der Waals surface area contributed by atoms with Gasteiger partial charge in [0.05, 0.1) is 18.1 Å². The molecule has 0 bridgehead atoms. The summed E-state index contributed by atoms with van der Waals surface area (Å²) in [6.07, 6.45) is 0. The number of urea groups is 1. The number of hydrazone groups is 1. The maximum atomic E-state index is 13.3. The molecular weight excluding hydrogens is 504 g/mol. The Balaban J connectivity index is 1.41. The molecule has 2 amide bonds. The van der Waals surface area contributed by atoms with E-state index >= 15 is 0 Å². The molecule has 1 atom stereocenters. The quantitative estimate of drug-likeness (QED) is 0.368. The number of nitrogens with one attached hydrogen (secondary N) is 1. The average Bonchev–Trinajstić information content (AvgIpc) is 3.44. The molecule has 3 aromatic rings. The summed E-state index contributed by atoms with van der Waals surface area (Å²) in [5.41, 5.74) is 3.49. The highest BCUT2D eigenvalue weighted by Crippen LogP contribution is 2.44. The lowest BCUT2D eigenvalue weighted by Gasteiger charge is -2.16. The maximum Gasteiger partial charge on any atom is 0.387 e. The second kappa shape index (κ2) is 9.89. The van der Waals surface area contributed by atoms with Gasteiger partial charge in [-0.05, 0) is 41.5 Å². The van der Waals surface area contributed by atoms with E-state index in [9.17, 15) is 13.6 Å². The van der Waals surface area contributed by atoms with E-state index in [1.54, 1.807) is 38.1 Å². The molecule has 0 saturated carbocycles. The topological polar surface area (TPSA) is 72.4 Å². The van der Waals surface area contributed by atoms with Crippen LogP contribution in [0.15, 0.2) is 71.8 Å². The zero-order chi connectivity index (χ0) is 26.2. The zero-order valence-corrected chi connectivity index (χ0v) is 20.8. The van der Waals surface area contributed by atoms with E-state index in [4.69, 9.17) is 21.1 Å². The molecule has 3 aromatic carbocycles. The van der Waals surface area contributed by atoms with Crippen molar-refractivity contribution in [3.63, 3.8) is 0 Å². The Hall–Kier alpha value is -3.85. The summed E-state index contributed by atoms with van der Waals surface area (Å²) in [7, 11) is 0. The van der Waals surface area contributed by atoms with Crippen molar-refractivity contribution in [2.24, 2.45) is 5.10 Å². The molecule has 0 aromatic heterocycles. The summed E-state index contributed by atoms with van der Waals surface area (Å²) in [5, 5.41) is 8.83. The van der Waals surface area contributed by atoms with Gasteiger partial charge in [0.15, 0.2) is 11.5 Å². The second-order valence-corrected chi connectivity index (χ2v) is 9.33. The van der Waals surface area contributed by atoms with Crippen LogP contribution in [0, 0.1) is 0 Å². The number of carbonyl (C=O) groups excluding carboxylic acids is 1. The minimum atomic E-state index is -2.91. The van der Waals surface area contributed by atoms with Crippen LogP contribution in [0.1, 0.15) is 36.5 Å². The predicted octanol–water partition coefficient (Wildman–Crippen LogP) is 6.57. The minimum Gasteiger partial charge on any atom is -0.449 e. The molecule has 5 rings (SSSR count). The number of hydrogen-bond donors (Lipinski definition) is 1. The summed E-state index contributed by atoms with van der Waals surface area (Å²) >= 11 is 6.12. The summed E-state index contributed by atoms with van der Waals surface area (Å²) in [6, 6.07) is 18.9. The van der Waals surface area contributed by atoms with Gasteiger partial charge in [0.25, 0.3) is 0 Å². The normalized spacial score (nSPS) is 17.6. The Morgan fingerprint density at radius 1 is 1.16 bits per heavy atom. The number of nitrogens with zero attached hydrogens (tertiary/aromatic N) is 2. The van der Waals surface area contributed by atoms with Gasteiger partial charge < -0.3 is 19.5 Å². The lowest BCUT2D eigenvalue weighted by molar-refractivity contribution is -0.0499. The Labute approximate surface area is 217 Å². The highest BCUT2D eigenvalue weighted by Gasteiger charge is 2.35. The van der Waals surface area contributed by atoms with Crippen LogP contribution in [0.2, 0.25) is 0 Å². The van der Waals surface area contributed by atoms with Crippen LogP contribution in [0.25, 0.3) is 0 Å². The smallest absolute Gasteiger partial charge is 0.387 e. The molecule has 192 valence electrons. The molecule has 7 nitrogen and oxygen atoms in total. The first-order chi connectivity index (χ1) is 17.7. The number of carbonyl (C=O) groups is 1. The van der Waals surface area contributed by atoms with Crippen molar-refractivity contribution in [2.45, 2.75) is 38.0 Å². The van der Waals surface area contributed by atoms with Gasteiger partial charge in [0.2, 0.25) is 5.79 Å². The van der Waals surface area contributed by atoms with Crippen LogP contribution < -0.4 is 19.5 Å². The molecule has 0 fully saturated rings. The molecule has 1 unspecified atom stereocenters. The summed E-state index contributed by atoms with van der Waals surface area (Å²) < 4.78 is 41.3. The van der Waals surface area contributed by atoms with E-state index in [-0.39, 0.29) is 17.5 Å². The molecule has 0 spiro atoms. The number of hydrogen-bond acceptors (Lipinski definition) is 5. The van der Waals surface area contributed by atoms with Crippen LogP contribution in [-0.4, -0.2) is 35.7 Å². The monoisotopic (exact) mass is 527 g/mol. The van der Waals surface area contributed by atoms with Gasteiger partial charge in [-0.25, -0.2) is 9.80 Å². The van der Waals surface area contributed by atoms with E-state index in [1.165, 1.54) is 17.1 Å². The lowest BCUT2D eigenvalue weighted by atomic mass is 9.90. The molecule has 0 saturated heterocycles. The number of benzene rings is 3. The Bertz CT molecular complexity index is 1330. The number of fused-ring (bicyclic) bond motifs is 1. The van der Waals surface area contributed by atoms with E-state index in [2.05, 4.69) is 15.2 Å². The molecule has 2 aliphatic rings. The maximum absolute atomic E-state index is 13.3. The highest BCUT2D eigenvalue weighted by atomic mass is 35.5. The molecular formula is C27H24ClF2N3O4. The number of alkyl halides is 3. The van der Waals surface area contributed by atoms with Gasteiger partial charge in [-0.3, -0.25) is 0 Å². The number of amides is 2. The third-order valence-corrected chi connectivity index (χ3v) is 6.24. The van der Waals surface area contributed by atoms with Gasteiger partial charge in [0.1, 0.15) is 5.75 Å². The average molecular weight is 528 g/mol. The zero-order valence-electron chi connectivity index (χ0n) is 20.1. The van der Waals surface area contributed by atoms with Gasteiger partial charge in [-0.2, -0.15) is 13.9 Å². The molecule has 2 aliphatic heterocycles. The van der Waals surface area contributed by atoms with E-state index in [1.807, 2.05) is 30.3 Å². The fourth-order valence-corrected chi connectivity index (χ4v) is 4.58. The predicted molar refractivity (Wildman–Crippen MR) is 136 cm³/mol. The Morgan fingerprint density at radius 2 is 1.89 bits per heavy atom. The second-order valence-electron chi connectivity index (χ2n) is 9.06. The Morgan fingerprint density at radius 3 is 2.57 bits per heavy atom. The Kier molecular flexibility index (Phi) is 6.64. The van der Waals surface area contributed by atoms with Gasteiger partial charge in [-0.1, -0.05) is 30.3 Å². The van der Waals surface area contributed by atoms with Crippen LogP contribution in [0.5, 0.6) is 17.2 Å². The minimum absolute atomic E-state index is 0.0456.